The van der Waals surface area contributed by atoms with Crippen molar-refractivity contribution in [3.63, 3.8) is 0 Å². The van der Waals surface area contributed by atoms with Crippen molar-refractivity contribution in [1.29, 1.82) is 0 Å². The third-order valence-corrected chi connectivity index (χ3v) is 4.78. The summed E-state index contributed by atoms with van der Waals surface area (Å²) in [5.74, 6) is 1.62. The first-order valence-electron chi connectivity index (χ1n) is 8.80. The first kappa shape index (κ1) is 19.4. The number of hydrogen-bond donors (Lipinski definition) is 0. The molecule has 0 atom stereocenters. The van der Waals surface area contributed by atoms with Crippen LogP contribution in [0.3, 0.4) is 0 Å². The predicted octanol–water partition coefficient (Wildman–Crippen LogP) is 7.01. The molecule has 0 aliphatic carbocycles. The van der Waals surface area contributed by atoms with Gasteiger partial charge in [-0.15, -0.1) is 0 Å². The van der Waals surface area contributed by atoms with Gasteiger partial charge in [-0.1, -0.05) is 71.6 Å². The van der Waals surface area contributed by atoms with E-state index in [1.165, 1.54) is 19.3 Å². The molecule has 0 aliphatic rings. The number of halogens is 2. The summed E-state index contributed by atoms with van der Waals surface area (Å²) in [5, 5.41) is 3.76. The number of hydrogen-bond acceptors (Lipinski definition) is 2. The fourth-order valence-corrected chi connectivity index (χ4v) is 3.28. The molecule has 0 spiro atoms. The Morgan fingerprint density at radius 2 is 1.62 bits per heavy atom. The van der Waals surface area contributed by atoms with Crippen LogP contribution in [-0.4, -0.2) is 18.5 Å². The summed E-state index contributed by atoms with van der Waals surface area (Å²) in [5.41, 5.74) is 0. The monoisotopic (exact) mass is 412 g/mol. The Hall–Kier alpha value is -0.930. The second-order valence-electron chi connectivity index (χ2n) is 5.88. The topological polar surface area (TPSA) is 18.5 Å². The number of unbranched alkanes of at least 4 members (excludes halogenated alkanes) is 4. The molecule has 2 aromatic rings. The molecule has 24 heavy (non-hydrogen) atoms. The SMILES string of the molecule is CCCCCOc1c(Cl)cc(OCCCCCBr)c2ccccc12. The van der Waals surface area contributed by atoms with Crippen molar-refractivity contribution < 1.29 is 9.47 Å². The second-order valence-corrected chi connectivity index (χ2v) is 7.09. The molecule has 0 heterocycles. The van der Waals surface area contributed by atoms with Crippen LogP contribution in [0.15, 0.2) is 30.3 Å². The maximum atomic E-state index is 6.47. The van der Waals surface area contributed by atoms with Crippen LogP contribution in [0.4, 0.5) is 0 Å². The summed E-state index contributed by atoms with van der Waals surface area (Å²) < 4.78 is 12.0. The average Bonchev–Trinajstić information content (AvgIpc) is 2.60. The van der Waals surface area contributed by atoms with E-state index >= 15 is 0 Å². The summed E-state index contributed by atoms with van der Waals surface area (Å²) in [4.78, 5) is 0. The van der Waals surface area contributed by atoms with E-state index in [0.717, 1.165) is 46.9 Å². The van der Waals surface area contributed by atoms with Crippen LogP contribution in [0.25, 0.3) is 10.8 Å². The van der Waals surface area contributed by atoms with Gasteiger partial charge in [0.2, 0.25) is 0 Å². The maximum Gasteiger partial charge on any atom is 0.145 e. The molecule has 0 unspecified atom stereocenters. The summed E-state index contributed by atoms with van der Waals surface area (Å²) in [6.07, 6.45) is 6.79. The van der Waals surface area contributed by atoms with E-state index in [4.69, 9.17) is 21.1 Å². The van der Waals surface area contributed by atoms with E-state index in [0.29, 0.717) is 18.2 Å². The van der Waals surface area contributed by atoms with Gasteiger partial charge in [-0.05, 0) is 25.7 Å². The number of alkyl halides is 1. The minimum absolute atomic E-state index is 0.626. The van der Waals surface area contributed by atoms with E-state index < -0.39 is 0 Å². The lowest BCUT2D eigenvalue weighted by Crippen LogP contribution is -2.01. The first-order chi connectivity index (χ1) is 11.8. The van der Waals surface area contributed by atoms with Crippen molar-refractivity contribution in [2.75, 3.05) is 18.5 Å². The van der Waals surface area contributed by atoms with Crippen molar-refractivity contribution in [1.82, 2.24) is 0 Å². The van der Waals surface area contributed by atoms with Crippen molar-refractivity contribution in [2.45, 2.75) is 45.4 Å². The third-order valence-electron chi connectivity index (χ3n) is 3.94. The van der Waals surface area contributed by atoms with Gasteiger partial charge in [0.25, 0.3) is 0 Å². The molecule has 0 N–H and O–H groups in total. The summed E-state index contributed by atoms with van der Waals surface area (Å²) in [7, 11) is 0. The number of fused-ring (bicyclic) bond motifs is 1. The molecule has 0 amide bonds. The molecule has 2 nitrogen and oxygen atoms in total. The summed E-state index contributed by atoms with van der Waals surface area (Å²) >= 11 is 9.93. The van der Waals surface area contributed by atoms with E-state index in [1.54, 1.807) is 0 Å². The fraction of sp³-hybridized carbons (Fsp3) is 0.500. The lowest BCUT2D eigenvalue weighted by atomic mass is 10.1. The quantitative estimate of drug-likeness (QED) is 0.291. The minimum Gasteiger partial charge on any atom is -0.493 e. The number of ether oxygens (including phenoxy) is 2. The molecule has 2 aromatic carbocycles. The van der Waals surface area contributed by atoms with Crippen LogP contribution >= 0.6 is 27.5 Å². The Balaban J connectivity index is 2.13. The van der Waals surface area contributed by atoms with Gasteiger partial charge in [0, 0.05) is 22.2 Å². The van der Waals surface area contributed by atoms with Crippen LogP contribution in [0.1, 0.15) is 45.4 Å². The molecule has 0 saturated heterocycles. The Kier molecular flexibility index (Phi) is 8.76. The minimum atomic E-state index is 0.626. The summed E-state index contributed by atoms with van der Waals surface area (Å²) in [6.45, 7) is 3.60. The smallest absolute Gasteiger partial charge is 0.145 e. The predicted molar refractivity (Wildman–Crippen MR) is 107 cm³/mol. The Labute approximate surface area is 158 Å². The van der Waals surface area contributed by atoms with Crippen molar-refractivity contribution >= 4 is 38.3 Å². The Morgan fingerprint density at radius 1 is 0.917 bits per heavy atom. The number of benzene rings is 2. The molecule has 4 heteroatoms. The third kappa shape index (κ3) is 5.56. The highest BCUT2D eigenvalue weighted by Crippen LogP contribution is 2.39. The highest BCUT2D eigenvalue weighted by Gasteiger charge is 2.13. The molecule has 0 aromatic heterocycles. The van der Waals surface area contributed by atoms with Crippen LogP contribution in [0.5, 0.6) is 11.5 Å². The zero-order valence-corrected chi connectivity index (χ0v) is 16.7. The van der Waals surface area contributed by atoms with E-state index in [2.05, 4.69) is 28.9 Å². The molecule has 132 valence electrons. The standard InChI is InChI=1S/C20H26BrClO2/c1-2-3-8-14-24-20-17-11-6-5-10-16(17)19(15-18(20)22)23-13-9-4-7-12-21/h5-6,10-11,15H,2-4,7-9,12-14H2,1H3. The van der Waals surface area contributed by atoms with Crippen LogP contribution < -0.4 is 9.47 Å². The highest BCUT2D eigenvalue weighted by molar-refractivity contribution is 9.09. The molecule has 2 rings (SSSR count). The summed E-state index contributed by atoms with van der Waals surface area (Å²) in [6, 6.07) is 10.0. The Bertz CT molecular complexity index is 630. The first-order valence-corrected chi connectivity index (χ1v) is 10.3. The zero-order valence-electron chi connectivity index (χ0n) is 14.3. The van der Waals surface area contributed by atoms with Crippen LogP contribution in [-0.2, 0) is 0 Å². The van der Waals surface area contributed by atoms with Crippen LogP contribution in [0.2, 0.25) is 5.02 Å². The second kappa shape index (κ2) is 10.8. The van der Waals surface area contributed by atoms with Gasteiger partial charge < -0.3 is 9.47 Å². The van der Waals surface area contributed by atoms with E-state index in [1.807, 2.05) is 24.3 Å². The van der Waals surface area contributed by atoms with Gasteiger partial charge in [-0.25, -0.2) is 0 Å². The van der Waals surface area contributed by atoms with Gasteiger partial charge >= 0.3 is 0 Å². The number of rotatable bonds is 11. The van der Waals surface area contributed by atoms with E-state index in [9.17, 15) is 0 Å². The van der Waals surface area contributed by atoms with Gasteiger partial charge in [-0.3, -0.25) is 0 Å². The molecule has 0 bridgehead atoms. The fourth-order valence-electron chi connectivity index (χ4n) is 2.63. The molecular weight excluding hydrogens is 388 g/mol. The molecular formula is C20H26BrClO2. The zero-order chi connectivity index (χ0) is 17.2. The molecule has 0 fully saturated rings. The van der Waals surface area contributed by atoms with Gasteiger partial charge in [0.05, 0.1) is 18.2 Å². The van der Waals surface area contributed by atoms with Crippen LogP contribution in [0, 0.1) is 0 Å². The van der Waals surface area contributed by atoms with Crippen molar-refractivity contribution in [3.8, 4) is 11.5 Å². The molecule has 0 saturated carbocycles. The van der Waals surface area contributed by atoms with Gasteiger partial charge in [0.1, 0.15) is 11.5 Å². The lowest BCUT2D eigenvalue weighted by molar-refractivity contribution is 0.303. The molecule has 0 radical (unpaired) electrons. The van der Waals surface area contributed by atoms with Crippen molar-refractivity contribution in [3.05, 3.63) is 35.4 Å². The van der Waals surface area contributed by atoms with Crippen molar-refractivity contribution in [2.24, 2.45) is 0 Å². The average molecular weight is 414 g/mol. The lowest BCUT2D eigenvalue weighted by Gasteiger charge is -2.15. The Morgan fingerprint density at radius 3 is 2.38 bits per heavy atom. The maximum absolute atomic E-state index is 6.47. The van der Waals surface area contributed by atoms with Gasteiger partial charge in [-0.2, -0.15) is 0 Å². The van der Waals surface area contributed by atoms with Gasteiger partial charge in [0.15, 0.2) is 0 Å². The highest BCUT2D eigenvalue weighted by atomic mass is 79.9. The molecule has 0 aliphatic heterocycles. The van der Waals surface area contributed by atoms with E-state index in [-0.39, 0.29) is 0 Å². The normalized spacial score (nSPS) is 11.0. The largest absolute Gasteiger partial charge is 0.493 e.